The van der Waals surface area contributed by atoms with Gasteiger partial charge in [0.2, 0.25) is 0 Å². The second-order valence-electron chi connectivity index (χ2n) is 11.8. The van der Waals surface area contributed by atoms with Gasteiger partial charge in [-0.25, -0.2) is 0 Å². The number of likely N-dealkylation sites (tertiary alicyclic amines) is 1. The minimum absolute atomic E-state index is 0.235. The summed E-state index contributed by atoms with van der Waals surface area (Å²) in [7, 11) is 0. The van der Waals surface area contributed by atoms with Crippen LogP contribution in [-0.4, -0.2) is 53.1 Å². The van der Waals surface area contributed by atoms with Gasteiger partial charge < -0.3 is 15.1 Å². The molecule has 6 heteroatoms. The molecule has 3 nitrogen and oxygen atoms in total. The summed E-state index contributed by atoms with van der Waals surface area (Å²) in [6.45, 7) is 10.6. The van der Waals surface area contributed by atoms with Crippen molar-refractivity contribution >= 4 is 0 Å². The van der Waals surface area contributed by atoms with Gasteiger partial charge >= 0.3 is 6.18 Å². The van der Waals surface area contributed by atoms with Gasteiger partial charge in [-0.05, 0) is 99.6 Å². The number of hydrogen-bond acceptors (Lipinski definition) is 3. The minimum atomic E-state index is -4.05. The van der Waals surface area contributed by atoms with Crippen LogP contribution in [0.5, 0.6) is 0 Å². The summed E-state index contributed by atoms with van der Waals surface area (Å²) in [5.74, 6) is 0.493. The van der Waals surface area contributed by atoms with E-state index in [9.17, 15) is 23.4 Å². The number of piperidine rings is 1. The van der Waals surface area contributed by atoms with Gasteiger partial charge in [-0.15, -0.1) is 0 Å². The molecule has 192 valence electrons. The highest BCUT2D eigenvalue weighted by Crippen LogP contribution is 2.59. The molecule has 0 aromatic carbocycles. The molecule has 0 bridgehead atoms. The maximum absolute atomic E-state index is 13.0. The van der Waals surface area contributed by atoms with Crippen molar-refractivity contribution in [2.45, 2.75) is 90.0 Å². The first-order valence-corrected chi connectivity index (χ1v) is 13.2. The standard InChI is InChI=1S/C28H42F3NO2/c1-18(17-32-13-10-22(11-14-32)28(29,30)31)23-8-9-24-21(5-4-12-27(23,24)3)7-6-20-15-25(33)19(2)26(34)16-20/h6-7,18,22-26,33-34H,2,4-5,8-17H2,1,3H3/b21-7+/t18-,23-,24+,25-,26-,27-/m1/s1. The summed E-state index contributed by atoms with van der Waals surface area (Å²) in [5, 5.41) is 20.3. The number of aliphatic hydroxyl groups is 2. The number of alkyl halides is 3. The zero-order chi connectivity index (χ0) is 24.7. The van der Waals surface area contributed by atoms with E-state index >= 15 is 0 Å². The SMILES string of the molecule is C=C1[C@H](O)CC(=C/C=C2\CCC[C@]3(C)[C@@H]([C@H](C)CN4CCC(C(F)(F)F)CC4)CC[C@@H]23)C[C@H]1O. The summed E-state index contributed by atoms with van der Waals surface area (Å²) in [6, 6.07) is 0. The Bertz CT molecular complexity index is 795. The zero-order valence-corrected chi connectivity index (χ0v) is 20.8. The van der Waals surface area contributed by atoms with Gasteiger partial charge in [0.25, 0.3) is 0 Å². The number of hydrogen-bond donors (Lipinski definition) is 2. The van der Waals surface area contributed by atoms with Gasteiger partial charge in [0, 0.05) is 6.54 Å². The molecule has 0 aromatic rings. The highest BCUT2D eigenvalue weighted by Gasteiger charge is 2.51. The van der Waals surface area contributed by atoms with Crippen molar-refractivity contribution in [2.24, 2.45) is 29.1 Å². The summed E-state index contributed by atoms with van der Waals surface area (Å²) in [4.78, 5) is 2.27. The van der Waals surface area contributed by atoms with Crippen LogP contribution < -0.4 is 0 Å². The summed E-state index contributed by atoms with van der Waals surface area (Å²) < 4.78 is 39.1. The third kappa shape index (κ3) is 5.34. The largest absolute Gasteiger partial charge is 0.391 e. The predicted octanol–water partition coefficient (Wildman–Crippen LogP) is 6.04. The highest BCUT2D eigenvalue weighted by molar-refractivity contribution is 5.29. The lowest BCUT2D eigenvalue weighted by atomic mass is 9.61. The Morgan fingerprint density at radius 3 is 2.35 bits per heavy atom. The Hall–Kier alpha value is -1.11. The number of fused-ring (bicyclic) bond motifs is 1. The van der Waals surface area contributed by atoms with Crippen LogP contribution in [0.25, 0.3) is 0 Å². The van der Waals surface area contributed by atoms with Crippen LogP contribution in [0, 0.1) is 29.1 Å². The lowest BCUT2D eigenvalue weighted by Gasteiger charge is -2.45. The molecule has 1 aliphatic heterocycles. The molecule has 1 saturated heterocycles. The van der Waals surface area contributed by atoms with E-state index in [-0.39, 0.29) is 18.3 Å². The lowest BCUT2D eigenvalue weighted by Crippen LogP contribution is -2.44. The summed E-state index contributed by atoms with van der Waals surface area (Å²) in [5.41, 5.74) is 3.34. The first-order chi connectivity index (χ1) is 16.0. The molecule has 6 atom stereocenters. The molecular weight excluding hydrogens is 439 g/mol. The maximum atomic E-state index is 13.0. The van der Waals surface area contributed by atoms with E-state index < -0.39 is 24.3 Å². The lowest BCUT2D eigenvalue weighted by molar-refractivity contribution is -0.185. The predicted molar refractivity (Wildman–Crippen MR) is 129 cm³/mol. The maximum Gasteiger partial charge on any atom is 0.391 e. The monoisotopic (exact) mass is 481 g/mol. The number of allylic oxidation sites excluding steroid dienone is 3. The zero-order valence-electron chi connectivity index (χ0n) is 20.8. The Labute approximate surface area is 202 Å². The van der Waals surface area contributed by atoms with E-state index in [0.717, 1.165) is 18.5 Å². The van der Waals surface area contributed by atoms with Gasteiger partial charge in [0.05, 0.1) is 18.1 Å². The third-order valence-electron chi connectivity index (χ3n) is 9.62. The average molecular weight is 482 g/mol. The fourth-order valence-electron chi connectivity index (χ4n) is 7.62. The first kappa shape index (κ1) is 26.0. The van der Waals surface area contributed by atoms with E-state index in [1.807, 2.05) is 0 Å². The number of rotatable bonds is 4. The van der Waals surface area contributed by atoms with Crippen LogP contribution >= 0.6 is 0 Å². The molecular formula is C28H42F3NO2. The average Bonchev–Trinajstić information content (AvgIpc) is 3.13. The topological polar surface area (TPSA) is 43.7 Å². The Morgan fingerprint density at radius 2 is 1.74 bits per heavy atom. The van der Waals surface area contributed by atoms with Gasteiger partial charge in [-0.3, -0.25) is 0 Å². The van der Waals surface area contributed by atoms with Gasteiger partial charge in [-0.2, -0.15) is 13.2 Å². The van der Waals surface area contributed by atoms with Crippen molar-refractivity contribution in [2.75, 3.05) is 19.6 Å². The second-order valence-corrected chi connectivity index (χ2v) is 11.8. The third-order valence-corrected chi connectivity index (χ3v) is 9.62. The molecule has 0 spiro atoms. The molecule has 0 amide bonds. The van der Waals surface area contributed by atoms with Crippen LogP contribution in [0.1, 0.15) is 71.6 Å². The normalized spacial score (nSPS) is 38.3. The Morgan fingerprint density at radius 1 is 1.09 bits per heavy atom. The first-order valence-electron chi connectivity index (χ1n) is 13.2. The van der Waals surface area contributed by atoms with Crippen molar-refractivity contribution < 1.29 is 23.4 Å². The van der Waals surface area contributed by atoms with Crippen LogP contribution in [0.3, 0.4) is 0 Å². The van der Waals surface area contributed by atoms with Crippen LogP contribution in [0.15, 0.2) is 35.5 Å². The van der Waals surface area contributed by atoms with Crippen LogP contribution in [0.4, 0.5) is 13.2 Å². The van der Waals surface area contributed by atoms with E-state index in [2.05, 4.69) is 37.5 Å². The number of aliphatic hydroxyl groups excluding tert-OH is 2. The van der Waals surface area contributed by atoms with Gasteiger partial charge in [0.1, 0.15) is 0 Å². The molecule has 4 fully saturated rings. The number of nitrogens with zero attached hydrogens (tertiary/aromatic N) is 1. The summed E-state index contributed by atoms with van der Waals surface area (Å²) >= 11 is 0. The van der Waals surface area contributed by atoms with E-state index in [1.54, 1.807) is 0 Å². The molecule has 3 aliphatic carbocycles. The molecule has 4 rings (SSSR count). The fourth-order valence-corrected chi connectivity index (χ4v) is 7.62. The Kier molecular flexibility index (Phi) is 7.71. The van der Waals surface area contributed by atoms with Crippen molar-refractivity contribution in [1.29, 1.82) is 0 Å². The second kappa shape index (κ2) is 10.1. The molecule has 1 heterocycles. The van der Waals surface area contributed by atoms with Crippen molar-refractivity contribution in [3.63, 3.8) is 0 Å². The van der Waals surface area contributed by atoms with Gasteiger partial charge in [-0.1, -0.05) is 43.7 Å². The van der Waals surface area contributed by atoms with Crippen molar-refractivity contribution in [3.05, 3.63) is 35.5 Å². The van der Waals surface area contributed by atoms with Gasteiger partial charge in [0.15, 0.2) is 0 Å². The highest BCUT2D eigenvalue weighted by atomic mass is 19.4. The summed E-state index contributed by atoms with van der Waals surface area (Å²) in [6.07, 6.45) is 6.44. The molecule has 3 saturated carbocycles. The smallest absolute Gasteiger partial charge is 0.388 e. The quantitative estimate of drug-likeness (QED) is 0.481. The van der Waals surface area contributed by atoms with Crippen LogP contribution in [-0.2, 0) is 0 Å². The molecule has 0 radical (unpaired) electrons. The fraction of sp³-hybridized carbons (Fsp3) is 0.786. The molecule has 2 N–H and O–H groups in total. The molecule has 4 aliphatic rings. The van der Waals surface area contributed by atoms with Crippen molar-refractivity contribution in [3.8, 4) is 0 Å². The molecule has 0 unspecified atom stereocenters. The Balaban J connectivity index is 1.39. The minimum Gasteiger partial charge on any atom is -0.388 e. The van der Waals surface area contributed by atoms with E-state index in [0.29, 0.717) is 49.3 Å². The molecule has 34 heavy (non-hydrogen) atoms. The molecule has 0 aromatic heterocycles. The van der Waals surface area contributed by atoms with Crippen LogP contribution in [0.2, 0.25) is 0 Å². The van der Waals surface area contributed by atoms with E-state index in [4.69, 9.17) is 0 Å². The number of halogens is 3. The van der Waals surface area contributed by atoms with Crippen molar-refractivity contribution in [1.82, 2.24) is 4.90 Å². The van der Waals surface area contributed by atoms with E-state index in [1.165, 1.54) is 31.3 Å².